The lowest BCUT2D eigenvalue weighted by molar-refractivity contribution is -0.138. The fraction of sp³-hybridized carbons (Fsp3) is 0.500. The largest absolute Gasteiger partial charge is 0.492 e. The second-order valence-corrected chi connectivity index (χ2v) is 9.72. The van der Waals surface area contributed by atoms with Crippen LogP contribution in [0, 0.1) is 0 Å². The number of benzene rings is 1. The van der Waals surface area contributed by atoms with Crippen LogP contribution in [0.25, 0.3) is 0 Å². The van der Waals surface area contributed by atoms with Crippen LogP contribution in [0.4, 0.5) is 27.6 Å². The molecule has 1 spiro atoms. The molecule has 3 atom stereocenters. The van der Waals surface area contributed by atoms with Gasteiger partial charge in [-0.2, -0.15) is 13.2 Å². The van der Waals surface area contributed by atoms with Crippen LogP contribution in [-0.4, -0.2) is 34.7 Å². The highest BCUT2D eigenvalue weighted by molar-refractivity contribution is 6.09. The van der Waals surface area contributed by atoms with Crippen LogP contribution in [0.15, 0.2) is 30.5 Å². The van der Waals surface area contributed by atoms with Gasteiger partial charge in [-0.25, -0.2) is 8.78 Å². The van der Waals surface area contributed by atoms with E-state index in [1.807, 2.05) is 6.92 Å². The van der Waals surface area contributed by atoms with Crippen molar-refractivity contribution in [3.05, 3.63) is 52.8 Å². The van der Waals surface area contributed by atoms with E-state index in [4.69, 9.17) is 4.74 Å². The molecular formula is C24H24F5N3O3. The summed E-state index contributed by atoms with van der Waals surface area (Å²) in [6.07, 6.45) is -4.95. The number of amides is 1. The Bertz CT molecular complexity index is 1150. The van der Waals surface area contributed by atoms with E-state index in [0.29, 0.717) is 24.8 Å². The van der Waals surface area contributed by atoms with Crippen molar-refractivity contribution in [3.8, 4) is 5.75 Å². The number of aliphatic hydroxyl groups is 1. The Hall–Kier alpha value is -2.79. The summed E-state index contributed by atoms with van der Waals surface area (Å²) < 4.78 is 72.9. The Balaban J connectivity index is 1.35. The van der Waals surface area contributed by atoms with Crippen molar-refractivity contribution in [2.24, 2.45) is 0 Å². The Morgan fingerprint density at radius 2 is 1.97 bits per heavy atom. The van der Waals surface area contributed by atoms with E-state index in [9.17, 15) is 31.9 Å². The maximum absolute atomic E-state index is 13.8. The summed E-state index contributed by atoms with van der Waals surface area (Å²) >= 11 is 0. The van der Waals surface area contributed by atoms with Gasteiger partial charge in [-0.1, -0.05) is 6.07 Å². The molecule has 0 radical (unpaired) electrons. The molecule has 5 rings (SSSR count). The number of carbonyl (C=O) groups excluding carboxylic acids is 1. The molecule has 3 aliphatic rings. The second-order valence-electron chi connectivity index (χ2n) is 9.72. The van der Waals surface area contributed by atoms with Gasteiger partial charge >= 0.3 is 6.18 Å². The van der Waals surface area contributed by atoms with Crippen molar-refractivity contribution in [2.45, 2.75) is 68.3 Å². The number of hydrogen-bond acceptors (Lipinski definition) is 5. The minimum Gasteiger partial charge on any atom is -0.492 e. The first-order valence-corrected chi connectivity index (χ1v) is 11.3. The maximum Gasteiger partial charge on any atom is 0.416 e. The molecule has 2 aliphatic heterocycles. The van der Waals surface area contributed by atoms with Crippen LogP contribution in [0.3, 0.4) is 0 Å². The number of aromatic nitrogens is 1. The Morgan fingerprint density at radius 1 is 1.23 bits per heavy atom. The molecule has 0 bridgehead atoms. The predicted octanol–water partition coefficient (Wildman–Crippen LogP) is 4.43. The summed E-state index contributed by atoms with van der Waals surface area (Å²) in [5.74, 6) is -0.463. The summed E-state index contributed by atoms with van der Waals surface area (Å²) in [5.41, 5.74) is -3.25. The maximum atomic E-state index is 13.8. The number of alkyl halides is 5. The molecule has 11 heteroatoms. The van der Waals surface area contributed by atoms with Crippen LogP contribution in [0.1, 0.15) is 61.4 Å². The third kappa shape index (κ3) is 4.24. The van der Waals surface area contributed by atoms with Gasteiger partial charge < -0.3 is 20.5 Å². The van der Waals surface area contributed by atoms with Crippen LogP contribution < -0.4 is 15.4 Å². The fourth-order valence-electron chi connectivity index (χ4n) is 5.36. The number of rotatable bonds is 5. The van der Waals surface area contributed by atoms with Gasteiger partial charge in [0.2, 0.25) is 5.91 Å². The molecule has 2 fully saturated rings. The second kappa shape index (κ2) is 8.12. The van der Waals surface area contributed by atoms with Crippen molar-refractivity contribution in [2.75, 3.05) is 11.9 Å². The fourth-order valence-corrected chi connectivity index (χ4v) is 5.36. The van der Waals surface area contributed by atoms with Crippen LogP contribution in [0.2, 0.25) is 0 Å². The van der Waals surface area contributed by atoms with Crippen LogP contribution in [-0.2, 0) is 22.0 Å². The van der Waals surface area contributed by atoms with Gasteiger partial charge in [0.1, 0.15) is 18.1 Å². The standard InChI is InChI=1S/C24H24F5N3O3/c1-12-8-23(34,13-2-3-17(20(25)26)30-10-13)9-14(31-12)11-35-15-6-16(24(27,28)29)19-18(7-15)32-21(33)22(19)4-5-22/h2-3,6-7,10,12,14,20,31,34H,4-5,8-9,11H2,1H3,(H,32,33)/t12-,14-,23-/m0/s1. The number of pyridine rings is 1. The zero-order chi connectivity index (χ0) is 25.2. The lowest BCUT2D eigenvalue weighted by Gasteiger charge is -2.41. The van der Waals surface area contributed by atoms with Gasteiger partial charge in [0.05, 0.1) is 16.6 Å². The zero-order valence-electron chi connectivity index (χ0n) is 18.8. The van der Waals surface area contributed by atoms with Crippen molar-refractivity contribution < 1.29 is 36.6 Å². The van der Waals surface area contributed by atoms with E-state index >= 15 is 0 Å². The van der Waals surface area contributed by atoms with Gasteiger partial charge in [0, 0.05) is 41.2 Å². The van der Waals surface area contributed by atoms with Gasteiger partial charge in [-0.3, -0.25) is 9.78 Å². The van der Waals surface area contributed by atoms with Gasteiger partial charge in [0.25, 0.3) is 6.43 Å². The van der Waals surface area contributed by atoms with E-state index in [2.05, 4.69) is 15.6 Å². The Kier molecular flexibility index (Phi) is 5.55. The number of anilines is 1. The first-order valence-electron chi connectivity index (χ1n) is 11.3. The smallest absolute Gasteiger partial charge is 0.416 e. The summed E-state index contributed by atoms with van der Waals surface area (Å²) in [6.45, 7) is 1.78. The molecule has 0 unspecified atom stereocenters. The predicted molar refractivity (Wildman–Crippen MR) is 115 cm³/mol. The molecule has 35 heavy (non-hydrogen) atoms. The highest BCUT2D eigenvalue weighted by Gasteiger charge is 2.59. The highest BCUT2D eigenvalue weighted by atomic mass is 19.4. The van der Waals surface area contributed by atoms with E-state index in [1.165, 1.54) is 24.4 Å². The highest BCUT2D eigenvalue weighted by Crippen LogP contribution is 2.59. The number of fused-ring (bicyclic) bond motifs is 2. The number of carbonyl (C=O) groups is 1. The lowest BCUT2D eigenvalue weighted by atomic mass is 9.79. The Morgan fingerprint density at radius 3 is 2.57 bits per heavy atom. The molecule has 3 heterocycles. The van der Waals surface area contributed by atoms with Crippen molar-refractivity contribution in [1.29, 1.82) is 0 Å². The molecule has 188 valence electrons. The third-order valence-corrected chi connectivity index (χ3v) is 7.08. The molecule has 1 aliphatic carbocycles. The number of nitrogens with zero attached hydrogens (tertiary/aromatic N) is 1. The van der Waals surface area contributed by atoms with E-state index in [1.54, 1.807) is 0 Å². The number of halogens is 5. The molecule has 3 N–H and O–H groups in total. The summed E-state index contributed by atoms with van der Waals surface area (Å²) in [6, 6.07) is 4.28. The minimum absolute atomic E-state index is 0.0131. The Labute approximate surface area is 197 Å². The average Bonchev–Trinajstić information content (AvgIpc) is 3.53. The number of hydrogen-bond donors (Lipinski definition) is 3. The number of piperidine rings is 1. The van der Waals surface area contributed by atoms with Crippen molar-refractivity contribution in [1.82, 2.24) is 10.3 Å². The van der Waals surface area contributed by atoms with Gasteiger partial charge in [-0.05, 0) is 44.7 Å². The molecule has 1 amide bonds. The van der Waals surface area contributed by atoms with Crippen molar-refractivity contribution in [3.63, 3.8) is 0 Å². The number of ether oxygens (including phenoxy) is 1. The summed E-state index contributed by atoms with van der Waals surface area (Å²) in [5, 5.41) is 17.1. The van der Waals surface area contributed by atoms with Crippen molar-refractivity contribution >= 4 is 11.6 Å². The molecule has 1 aromatic heterocycles. The zero-order valence-corrected chi connectivity index (χ0v) is 18.8. The molecule has 1 saturated heterocycles. The van der Waals surface area contributed by atoms with E-state index in [0.717, 1.165) is 6.07 Å². The average molecular weight is 497 g/mol. The van der Waals surface area contributed by atoms with Gasteiger partial charge in [0.15, 0.2) is 0 Å². The monoisotopic (exact) mass is 497 g/mol. The normalized spacial score (nSPS) is 27.1. The first kappa shape index (κ1) is 23.9. The van der Waals surface area contributed by atoms with Crippen LogP contribution >= 0.6 is 0 Å². The molecule has 2 aromatic rings. The summed E-state index contributed by atoms with van der Waals surface area (Å²) in [4.78, 5) is 16.0. The minimum atomic E-state index is -4.65. The van der Waals surface area contributed by atoms with E-state index in [-0.39, 0.29) is 36.1 Å². The topological polar surface area (TPSA) is 83.5 Å². The SMILES string of the molecule is C[C@H]1C[C@@](O)(c2ccc(C(F)F)nc2)C[C@@H](COc2cc3c(c(C(F)(F)F)c2)C2(CC2)C(=O)N3)N1. The molecule has 1 aromatic carbocycles. The summed E-state index contributed by atoms with van der Waals surface area (Å²) in [7, 11) is 0. The molecular weight excluding hydrogens is 473 g/mol. The molecule has 1 saturated carbocycles. The quantitative estimate of drug-likeness (QED) is 0.533. The number of nitrogens with one attached hydrogen (secondary N) is 2. The third-order valence-electron chi connectivity index (χ3n) is 7.08. The first-order chi connectivity index (χ1) is 16.4. The van der Waals surface area contributed by atoms with Crippen LogP contribution in [0.5, 0.6) is 5.75 Å². The lowest BCUT2D eigenvalue weighted by Crippen LogP contribution is -2.53. The van der Waals surface area contributed by atoms with Gasteiger partial charge in [-0.15, -0.1) is 0 Å². The van der Waals surface area contributed by atoms with E-state index < -0.39 is 46.8 Å². The molecule has 6 nitrogen and oxygen atoms in total.